The van der Waals surface area contributed by atoms with E-state index in [2.05, 4.69) is 10.4 Å². The Balaban J connectivity index is 1.50. The molecule has 3 amide bonds. The van der Waals surface area contributed by atoms with Gasteiger partial charge in [0.15, 0.2) is 5.69 Å². The zero-order chi connectivity index (χ0) is 22.0. The summed E-state index contributed by atoms with van der Waals surface area (Å²) in [5.74, 6) is -0.514. The smallest absolute Gasteiger partial charge is 0.337 e. The van der Waals surface area contributed by atoms with Crippen molar-refractivity contribution in [1.29, 1.82) is 0 Å². The van der Waals surface area contributed by atoms with E-state index in [0.717, 1.165) is 43.6 Å². The molecule has 31 heavy (non-hydrogen) atoms. The lowest BCUT2D eigenvalue weighted by atomic mass is 10.0. The molecule has 3 heterocycles. The van der Waals surface area contributed by atoms with Crippen molar-refractivity contribution in [2.75, 3.05) is 32.1 Å². The van der Waals surface area contributed by atoms with E-state index in [4.69, 9.17) is 4.74 Å². The van der Waals surface area contributed by atoms with Gasteiger partial charge in [-0.15, -0.1) is 0 Å². The number of carbonyl (C=O) groups is 3. The van der Waals surface area contributed by atoms with Crippen molar-refractivity contribution in [3.8, 4) is 0 Å². The van der Waals surface area contributed by atoms with Gasteiger partial charge in [-0.3, -0.25) is 9.48 Å². The predicted octanol–water partition coefficient (Wildman–Crippen LogP) is 2.42. The molecule has 2 aliphatic heterocycles. The van der Waals surface area contributed by atoms with E-state index in [1.165, 1.54) is 7.11 Å². The highest BCUT2D eigenvalue weighted by Crippen LogP contribution is 2.25. The Hall–Kier alpha value is -3.36. The zero-order valence-corrected chi connectivity index (χ0v) is 17.9. The van der Waals surface area contributed by atoms with Gasteiger partial charge in [0, 0.05) is 50.0 Å². The molecule has 1 N–H and O–H groups in total. The minimum atomic E-state index is -0.463. The summed E-state index contributed by atoms with van der Waals surface area (Å²) in [5.41, 5.74) is 3.14. The molecule has 2 aliphatic rings. The number of aryl methyl sites for hydroxylation is 1. The number of anilines is 1. The number of ether oxygens (including phenoxy) is 1. The van der Waals surface area contributed by atoms with E-state index in [1.807, 2.05) is 11.9 Å². The average molecular weight is 425 g/mol. The first-order chi connectivity index (χ1) is 15.0. The third kappa shape index (κ3) is 4.26. The number of likely N-dealkylation sites (tertiary alicyclic amines) is 1. The van der Waals surface area contributed by atoms with Crippen LogP contribution in [0, 0.1) is 0 Å². The lowest BCUT2D eigenvalue weighted by Gasteiger charge is -2.29. The second-order valence-corrected chi connectivity index (χ2v) is 7.92. The van der Waals surface area contributed by atoms with Crippen molar-refractivity contribution in [3.63, 3.8) is 0 Å². The maximum absolute atomic E-state index is 13.1. The summed E-state index contributed by atoms with van der Waals surface area (Å²) >= 11 is 0. The standard InChI is InChI=1S/C22H27N5O4/c1-25-18-9-12-27(22(30)23-16-8-6-7-15(13-16)21(29)31-2)14-17(18)19(24-25)20(28)26-10-4-3-5-11-26/h6-8,13H,3-5,9-12,14H2,1-2H3,(H,23,30). The quantitative estimate of drug-likeness (QED) is 0.762. The summed E-state index contributed by atoms with van der Waals surface area (Å²) in [5, 5.41) is 7.34. The fraction of sp³-hybridized carbons (Fsp3) is 0.455. The topological polar surface area (TPSA) is 96.8 Å². The fourth-order valence-electron chi connectivity index (χ4n) is 4.23. The highest BCUT2D eigenvalue weighted by atomic mass is 16.5. The van der Waals surface area contributed by atoms with E-state index >= 15 is 0 Å². The van der Waals surface area contributed by atoms with E-state index in [1.54, 1.807) is 33.8 Å². The monoisotopic (exact) mass is 425 g/mol. The number of amides is 3. The SMILES string of the molecule is COC(=O)c1cccc(NC(=O)N2CCc3c(c(C(=O)N4CCCCC4)nn3C)C2)c1. The first-order valence-electron chi connectivity index (χ1n) is 10.6. The molecule has 0 bridgehead atoms. The van der Waals surface area contributed by atoms with Crippen molar-refractivity contribution in [2.24, 2.45) is 7.05 Å². The molecule has 4 rings (SSSR count). The maximum atomic E-state index is 13.1. The molecule has 1 aromatic heterocycles. The van der Waals surface area contributed by atoms with Crippen LogP contribution in [0.2, 0.25) is 0 Å². The normalized spacial score (nSPS) is 15.9. The first-order valence-corrected chi connectivity index (χ1v) is 10.6. The highest BCUT2D eigenvalue weighted by molar-refractivity contribution is 5.95. The Bertz CT molecular complexity index is 1010. The number of hydrogen-bond acceptors (Lipinski definition) is 5. The molecule has 0 saturated carbocycles. The number of urea groups is 1. The number of carbonyl (C=O) groups excluding carboxylic acids is 3. The molecule has 1 aromatic carbocycles. The third-order valence-electron chi connectivity index (χ3n) is 5.91. The van der Waals surface area contributed by atoms with Crippen LogP contribution < -0.4 is 5.32 Å². The van der Waals surface area contributed by atoms with Crippen LogP contribution in [0.15, 0.2) is 24.3 Å². The molecule has 9 nitrogen and oxygen atoms in total. The van der Waals surface area contributed by atoms with Gasteiger partial charge in [-0.2, -0.15) is 5.10 Å². The van der Waals surface area contributed by atoms with Crippen molar-refractivity contribution in [3.05, 3.63) is 46.8 Å². The minimum Gasteiger partial charge on any atom is -0.465 e. The van der Waals surface area contributed by atoms with Gasteiger partial charge in [0.25, 0.3) is 5.91 Å². The molecule has 164 valence electrons. The summed E-state index contributed by atoms with van der Waals surface area (Å²) in [4.78, 5) is 41.2. The molecule has 1 fully saturated rings. The van der Waals surface area contributed by atoms with Crippen molar-refractivity contribution >= 4 is 23.6 Å². The average Bonchev–Trinajstić information content (AvgIpc) is 3.14. The second kappa shape index (κ2) is 8.79. The summed E-state index contributed by atoms with van der Waals surface area (Å²) < 4.78 is 6.50. The number of benzene rings is 1. The number of piperidine rings is 1. The molecule has 0 unspecified atom stereocenters. The Morgan fingerprint density at radius 1 is 1.06 bits per heavy atom. The van der Waals surface area contributed by atoms with Gasteiger partial charge in [-0.1, -0.05) is 6.07 Å². The number of aromatic nitrogens is 2. The largest absolute Gasteiger partial charge is 0.465 e. The molecule has 2 aromatic rings. The number of nitrogens with zero attached hydrogens (tertiary/aromatic N) is 4. The number of rotatable bonds is 3. The van der Waals surface area contributed by atoms with E-state index < -0.39 is 5.97 Å². The molecular weight excluding hydrogens is 398 g/mol. The van der Waals surface area contributed by atoms with Gasteiger partial charge >= 0.3 is 12.0 Å². The number of methoxy groups -OCH3 is 1. The van der Waals surface area contributed by atoms with E-state index in [9.17, 15) is 14.4 Å². The number of fused-ring (bicyclic) bond motifs is 1. The van der Waals surface area contributed by atoms with Gasteiger partial charge in [0.05, 0.1) is 19.2 Å². The van der Waals surface area contributed by atoms with Gasteiger partial charge in [-0.25, -0.2) is 9.59 Å². The second-order valence-electron chi connectivity index (χ2n) is 7.92. The van der Waals surface area contributed by atoms with Crippen LogP contribution in [-0.2, 0) is 24.8 Å². The Labute approximate surface area is 180 Å². The lowest BCUT2D eigenvalue weighted by molar-refractivity contribution is 0.0600. The molecule has 9 heteroatoms. The minimum absolute atomic E-state index is 0.0513. The molecule has 0 aliphatic carbocycles. The summed E-state index contributed by atoms with van der Waals surface area (Å²) in [7, 11) is 3.16. The number of hydrogen-bond donors (Lipinski definition) is 1. The maximum Gasteiger partial charge on any atom is 0.337 e. The predicted molar refractivity (Wildman–Crippen MR) is 114 cm³/mol. The first kappa shape index (κ1) is 20.9. The zero-order valence-electron chi connectivity index (χ0n) is 17.9. The van der Waals surface area contributed by atoms with Crippen LogP contribution in [0.4, 0.5) is 10.5 Å². The van der Waals surface area contributed by atoms with Gasteiger partial charge in [-0.05, 0) is 37.5 Å². The lowest BCUT2D eigenvalue weighted by Crippen LogP contribution is -2.40. The van der Waals surface area contributed by atoms with Crippen molar-refractivity contribution < 1.29 is 19.1 Å². The molecule has 1 saturated heterocycles. The Morgan fingerprint density at radius 2 is 1.84 bits per heavy atom. The van der Waals surface area contributed by atoms with Crippen molar-refractivity contribution in [2.45, 2.75) is 32.2 Å². The Kier molecular flexibility index (Phi) is 5.92. The number of nitrogens with one attached hydrogen (secondary N) is 1. The molecule has 0 spiro atoms. The third-order valence-corrected chi connectivity index (χ3v) is 5.91. The molecular formula is C22H27N5O4. The van der Waals surface area contributed by atoms with Crippen LogP contribution in [0.5, 0.6) is 0 Å². The van der Waals surface area contributed by atoms with Crippen LogP contribution in [-0.4, -0.2) is 64.2 Å². The van der Waals surface area contributed by atoms with Gasteiger partial charge in [0.2, 0.25) is 0 Å². The van der Waals surface area contributed by atoms with Crippen LogP contribution in [0.1, 0.15) is 51.4 Å². The summed E-state index contributed by atoms with van der Waals surface area (Å²) in [6.07, 6.45) is 3.80. The Morgan fingerprint density at radius 3 is 2.58 bits per heavy atom. The van der Waals surface area contributed by atoms with E-state index in [-0.39, 0.29) is 11.9 Å². The fourth-order valence-corrected chi connectivity index (χ4v) is 4.23. The summed E-state index contributed by atoms with van der Waals surface area (Å²) in [6, 6.07) is 6.33. The van der Waals surface area contributed by atoms with Gasteiger partial charge in [0.1, 0.15) is 0 Å². The van der Waals surface area contributed by atoms with Crippen molar-refractivity contribution in [1.82, 2.24) is 19.6 Å². The molecule has 0 atom stereocenters. The molecule has 0 radical (unpaired) electrons. The highest BCUT2D eigenvalue weighted by Gasteiger charge is 2.31. The number of esters is 1. The van der Waals surface area contributed by atoms with Crippen LogP contribution >= 0.6 is 0 Å². The van der Waals surface area contributed by atoms with Crippen LogP contribution in [0.3, 0.4) is 0 Å². The van der Waals surface area contributed by atoms with E-state index in [0.29, 0.717) is 36.5 Å². The van der Waals surface area contributed by atoms with Crippen LogP contribution in [0.25, 0.3) is 0 Å². The van der Waals surface area contributed by atoms with Gasteiger partial charge < -0.3 is 19.9 Å². The summed E-state index contributed by atoms with van der Waals surface area (Å²) in [6.45, 7) is 2.35.